The van der Waals surface area contributed by atoms with Crippen molar-refractivity contribution < 1.29 is 46.9 Å². The van der Waals surface area contributed by atoms with Crippen molar-refractivity contribution in [1.82, 2.24) is 0 Å². The van der Waals surface area contributed by atoms with Crippen molar-refractivity contribution in [2.45, 2.75) is 192 Å². The van der Waals surface area contributed by atoms with Crippen LogP contribution in [0.3, 0.4) is 0 Å². The van der Waals surface area contributed by atoms with Gasteiger partial charge in [-0.05, 0) is 18.3 Å². The average molecular weight is 749 g/mol. The third-order valence-electron chi connectivity index (χ3n) is 11.1. The fourth-order valence-corrected chi connectivity index (χ4v) is 19.1. The Hall–Kier alpha value is -0.0662. The van der Waals surface area contributed by atoms with E-state index in [0.717, 1.165) is 6.42 Å². The Morgan fingerprint density at radius 1 is 0.735 bits per heavy atom. The quantitative estimate of drug-likeness (QED) is 0.243. The third-order valence-corrected chi connectivity index (χ3v) is 21.5. The molecule has 0 unspecified atom stereocenters. The summed E-state index contributed by atoms with van der Waals surface area (Å²) in [4.78, 5) is 11.8. The SMILES string of the molecule is C[C@@H](CCO)[C@@H]1O[C@@H]2CO[Si](C(C)(C)C)(C(C)(C)C)O[C@@H]2C[C@@H]1O.C[C@H]1CC(=O)O[C@H]2C[C@H]3O[Si](C(C)(C)C)(C(C)(C)C)OC[C@H]3O[C@H]21.[S-2]. The van der Waals surface area contributed by atoms with Crippen LogP contribution in [-0.2, 0) is 50.2 Å². The highest BCUT2D eigenvalue weighted by atomic mass is 32.1. The van der Waals surface area contributed by atoms with E-state index in [-0.39, 0.29) is 101 Å². The number of ether oxygens (including phenoxy) is 3. The van der Waals surface area contributed by atoms with Gasteiger partial charge in [0.2, 0.25) is 0 Å². The highest BCUT2D eigenvalue weighted by Gasteiger charge is 2.64. The molecule has 5 fully saturated rings. The van der Waals surface area contributed by atoms with Crippen molar-refractivity contribution in [3.8, 4) is 0 Å². The molecule has 5 aliphatic heterocycles. The van der Waals surface area contributed by atoms with Crippen LogP contribution in [0.1, 0.15) is 123 Å². The molecule has 0 aliphatic carbocycles. The Balaban J connectivity index is 0.000000260. The number of rotatable bonds is 3. The van der Waals surface area contributed by atoms with Crippen LogP contribution in [0.25, 0.3) is 0 Å². The average Bonchev–Trinajstić information content (AvgIpc) is 2.93. The summed E-state index contributed by atoms with van der Waals surface area (Å²) in [5.74, 6) is 0.180. The van der Waals surface area contributed by atoms with Crippen LogP contribution in [0.5, 0.6) is 0 Å². The molecule has 0 radical (unpaired) electrons. The van der Waals surface area contributed by atoms with Crippen molar-refractivity contribution >= 4 is 36.6 Å². The Bertz CT molecular complexity index is 1090. The second-order valence-electron chi connectivity index (χ2n) is 19.2. The zero-order valence-corrected chi connectivity index (χ0v) is 35.6. The first-order valence-corrected chi connectivity index (χ1v) is 21.9. The molecule has 0 aromatic carbocycles. The predicted octanol–water partition coefficient (Wildman–Crippen LogP) is 6.53. The minimum absolute atomic E-state index is 0. The highest BCUT2D eigenvalue weighted by Crippen LogP contribution is 2.56. The van der Waals surface area contributed by atoms with Crippen LogP contribution in [0.15, 0.2) is 0 Å². The van der Waals surface area contributed by atoms with E-state index < -0.39 is 23.2 Å². The van der Waals surface area contributed by atoms with Crippen LogP contribution in [0.4, 0.5) is 0 Å². The van der Waals surface area contributed by atoms with E-state index in [1.165, 1.54) is 0 Å². The molecule has 0 bridgehead atoms. The van der Waals surface area contributed by atoms with E-state index in [1.807, 2.05) is 6.92 Å². The topological polar surface area (TPSA) is 122 Å². The lowest BCUT2D eigenvalue weighted by molar-refractivity contribution is -0.234. The molecule has 5 heterocycles. The third kappa shape index (κ3) is 8.52. The van der Waals surface area contributed by atoms with Gasteiger partial charge in [-0.2, -0.15) is 0 Å². The van der Waals surface area contributed by atoms with E-state index in [4.69, 9.17) is 37.0 Å². The van der Waals surface area contributed by atoms with E-state index in [9.17, 15) is 9.90 Å². The predicted molar refractivity (Wildman–Crippen MR) is 196 cm³/mol. The fourth-order valence-electron chi connectivity index (χ4n) is 9.15. The molecule has 288 valence electrons. The van der Waals surface area contributed by atoms with Crippen LogP contribution in [0, 0.1) is 11.8 Å². The maximum atomic E-state index is 11.8. The maximum Gasteiger partial charge on any atom is 0.349 e. The van der Waals surface area contributed by atoms with E-state index in [1.54, 1.807) is 0 Å². The zero-order valence-electron chi connectivity index (χ0n) is 32.8. The minimum Gasteiger partial charge on any atom is -2.00 e. The molecule has 5 rings (SSSR count). The lowest BCUT2D eigenvalue weighted by Gasteiger charge is -2.57. The van der Waals surface area contributed by atoms with Gasteiger partial charge < -0.3 is 55.6 Å². The number of fused-ring (bicyclic) bond motifs is 3. The smallest absolute Gasteiger partial charge is 0.349 e. The molecular formula is C36H68O10SSi2-2. The molecule has 0 saturated carbocycles. The molecule has 0 amide bonds. The maximum absolute atomic E-state index is 11.8. The number of carbonyl (C=O) groups excluding carboxylic acids is 1. The van der Waals surface area contributed by atoms with Crippen LogP contribution < -0.4 is 0 Å². The van der Waals surface area contributed by atoms with E-state index in [0.29, 0.717) is 32.5 Å². The number of carbonyl (C=O) groups is 1. The van der Waals surface area contributed by atoms with Gasteiger partial charge in [-0.15, -0.1) is 0 Å². The van der Waals surface area contributed by atoms with Gasteiger partial charge in [0.05, 0.1) is 50.2 Å². The summed E-state index contributed by atoms with van der Waals surface area (Å²) < 4.78 is 44.3. The summed E-state index contributed by atoms with van der Waals surface area (Å²) in [5, 5.41) is 19.5. The van der Waals surface area contributed by atoms with Gasteiger partial charge in [-0.25, -0.2) is 0 Å². The molecule has 5 saturated heterocycles. The molecule has 0 aromatic heterocycles. The summed E-state index contributed by atoms with van der Waals surface area (Å²) in [6.07, 6.45) is 0.959. The van der Waals surface area contributed by atoms with Crippen molar-refractivity contribution in [2.24, 2.45) is 11.8 Å². The molecule has 0 aromatic rings. The highest BCUT2D eigenvalue weighted by molar-refractivity contribution is 7.37. The van der Waals surface area contributed by atoms with E-state index >= 15 is 0 Å². The molecule has 13 heteroatoms. The number of aliphatic hydroxyl groups excluding tert-OH is 2. The Morgan fingerprint density at radius 2 is 1.18 bits per heavy atom. The van der Waals surface area contributed by atoms with Crippen LogP contribution in [-0.4, -0.2) is 102 Å². The molecule has 10 nitrogen and oxygen atoms in total. The standard InChI is InChI=1S/C18H32O5Si.C18H36O5Si.S/c1-11-8-15(19)21-13-9-12-14(22-16(11)13)10-20-24(23-12,17(2,3)4)18(5,6)7;1-12(8-9-19)16-13(20)10-14-15(22-16)11-21-24(23-14,17(2,3)4)18(5,6)7;/h11-14,16H,8-10H2,1-7H3;12-16,19-20H,8-11H2,1-7H3;/q;;-2/t11-,12+,13-,14+,16-;12-,13-,14+,15+,16-;/m00./s1. The molecule has 2 N–H and O–H groups in total. The van der Waals surface area contributed by atoms with Crippen molar-refractivity contribution in [3.63, 3.8) is 0 Å². The second-order valence-corrected chi connectivity index (χ2v) is 28.7. The summed E-state index contributed by atoms with van der Waals surface area (Å²) >= 11 is 0. The number of hydrogen-bond acceptors (Lipinski definition) is 10. The lowest BCUT2D eigenvalue weighted by atomic mass is 9.87. The lowest BCUT2D eigenvalue weighted by Crippen LogP contribution is -2.68. The van der Waals surface area contributed by atoms with Gasteiger partial charge in [0, 0.05) is 39.6 Å². The van der Waals surface area contributed by atoms with Gasteiger partial charge in [-0.1, -0.05) is 96.9 Å². The normalized spacial score (nSPS) is 36.7. The van der Waals surface area contributed by atoms with Crippen molar-refractivity contribution in [1.29, 1.82) is 0 Å². The summed E-state index contributed by atoms with van der Waals surface area (Å²) in [7, 11) is -5.02. The fraction of sp³-hybridized carbons (Fsp3) is 0.972. The summed E-state index contributed by atoms with van der Waals surface area (Å²) in [6, 6.07) is 0. The van der Waals surface area contributed by atoms with Gasteiger partial charge in [0.1, 0.15) is 18.3 Å². The van der Waals surface area contributed by atoms with Crippen molar-refractivity contribution in [2.75, 3.05) is 19.8 Å². The molecule has 0 spiro atoms. The first kappa shape index (κ1) is 43.3. The number of aliphatic hydroxyl groups is 2. The van der Waals surface area contributed by atoms with Crippen LogP contribution >= 0.6 is 0 Å². The van der Waals surface area contributed by atoms with Crippen LogP contribution in [0.2, 0.25) is 20.2 Å². The van der Waals surface area contributed by atoms with Crippen molar-refractivity contribution in [3.05, 3.63) is 0 Å². The van der Waals surface area contributed by atoms with Gasteiger partial charge in [0.25, 0.3) is 0 Å². The number of hydrogen-bond donors (Lipinski definition) is 2. The molecule has 5 aliphatic rings. The zero-order chi connectivity index (χ0) is 36.3. The van der Waals surface area contributed by atoms with E-state index in [2.05, 4.69) is 90.0 Å². The summed E-state index contributed by atoms with van der Waals surface area (Å²) in [6.45, 7) is 31.7. The first-order chi connectivity index (χ1) is 21.9. The molecular weight excluding hydrogens is 681 g/mol. The Kier molecular flexibility index (Phi) is 13.6. The van der Waals surface area contributed by atoms with Gasteiger partial charge in [-0.3, -0.25) is 4.79 Å². The largest absolute Gasteiger partial charge is 2.00 e. The first-order valence-electron chi connectivity index (χ1n) is 18.3. The van der Waals surface area contributed by atoms with Gasteiger partial charge in [0.15, 0.2) is 0 Å². The monoisotopic (exact) mass is 748 g/mol. The minimum atomic E-state index is -2.52. The Morgan fingerprint density at radius 3 is 1.63 bits per heavy atom. The van der Waals surface area contributed by atoms with Gasteiger partial charge >= 0.3 is 23.1 Å². The molecule has 49 heavy (non-hydrogen) atoms. The second kappa shape index (κ2) is 15.4. The summed E-state index contributed by atoms with van der Waals surface area (Å²) in [5.41, 5.74) is 0. The number of esters is 1. The molecule has 10 atom stereocenters. The Labute approximate surface area is 305 Å².